The number of benzene rings is 5. The average molecular weight is 734 g/mol. The van der Waals surface area contributed by atoms with Crippen molar-refractivity contribution < 1.29 is 26.3 Å². The summed E-state index contributed by atoms with van der Waals surface area (Å²) in [6.07, 6.45) is -10.0. The number of hydrogen-bond donors (Lipinski definition) is 0. The molecule has 0 amide bonds. The van der Waals surface area contributed by atoms with Crippen molar-refractivity contribution >= 4 is 43.6 Å². The lowest BCUT2D eigenvalue weighted by Gasteiger charge is -2.20. The van der Waals surface area contributed by atoms with Crippen molar-refractivity contribution in [1.29, 1.82) is 0 Å². The number of hydrogen-bond acceptors (Lipinski definition) is 1. The van der Waals surface area contributed by atoms with Crippen LogP contribution in [-0.2, 0) is 23.2 Å². The molecule has 3 aromatic heterocycles. The SMILES string of the molecule is CC(C)(C)c1ccc2c(c1)c1ccccc1n2-c1cc(-c2cc(C(F)(F)F)cc(C(F)(F)F)c2)cc(-n2c3ccccc3c3cc(C(C)(C)C)ccc32)n1. The lowest BCUT2D eigenvalue weighted by atomic mass is 9.86. The highest BCUT2D eigenvalue weighted by Crippen LogP contribution is 2.42. The zero-order chi connectivity index (χ0) is 38.5. The van der Waals surface area contributed by atoms with Crippen molar-refractivity contribution in [2.75, 3.05) is 0 Å². The molecular weight excluding hydrogens is 697 g/mol. The maximum absolute atomic E-state index is 14.2. The van der Waals surface area contributed by atoms with Crippen LogP contribution >= 0.6 is 0 Å². The number of rotatable bonds is 3. The molecule has 9 heteroatoms. The summed E-state index contributed by atoms with van der Waals surface area (Å²) in [5.41, 5.74) is 2.29. The van der Waals surface area contributed by atoms with Crippen molar-refractivity contribution in [2.45, 2.75) is 64.7 Å². The summed E-state index contributed by atoms with van der Waals surface area (Å²) in [5.74, 6) is 0.695. The molecule has 0 aliphatic carbocycles. The Hall–Kier alpha value is -5.57. The second-order valence-corrected chi connectivity index (χ2v) is 16.0. The summed E-state index contributed by atoms with van der Waals surface area (Å²) in [5, 5.41) is 3.79. The molecule has 0 N–H and O–H groups in total. The molecule has 8 aromatic rings. The largest absolute Gasteiger partial charge is 0.416 e. The van der Waals surface area contributed by atoms with E-state index in [0.717, 1.165) is 66.9 Å². The molecule has 0 aliphatic rings. The molecule has 0 aliphatic heterocycles. The highest BCUT2D eigenvalue weighted by Gasteiger charge is 2.37. The number of pyridine rings is 1. The number of nitrogens with zero attached hydrogens (tertiary/aromatic N) is 3. The Morgan fingerprint density at radius 2 is 0.759 bits per heavy atom. The van der Waals surface area contributed by atoms with Crippen molar-refractivity contribution in [2.24, 2.45) is 0 Å². The van der Waals surface area contributed by atoms with Gasteiger partial charge < -0.3 is 0 Å². The van der Waals surface area contributed by atoms with Gasteiger partial charge in [0.15, 0.2) is 0 Å². The van der Waals surface area contributed by atoms with Crippen LogP contribution in [0, 0.1) is 0 Å². The zero-order valence-electron chi connectivity index (χ0n) is 30.6. The van der Waals surface area contributed by atoms with Gasteiger partial charge >= 0.3 is 12.4 Å². The Morgan fingerprint density at radius 3 is 1.15 bits per heavy atom. The monoisotopic (exact) mass is 733 g/mol. The van der Waals surface area contributed by atoms with Gasteiger partial charge in [-0.05, 0) is 99.8 Å². The van der Waals surface area contributed by atoms with E-state index in [2.05, 4.69) is 53.7 Å². The van der Waals surface area contributed by atoms with Crippen LogP contribution in [0.3, 0.4) is 0 Å². The van der Waals surface area contributed by atoms with Gasteiger partial charge in [0.25, 0.3) is 0 Å². The third-order valence-corrected chi connectivity index (χ3v) is 10.3. The summed E-state index contributed by atoms with van der Waals surface area (Å²) in [6, 6.07) is 32.8. The van der Waals surface area contributed by atoms with Gasteiger partial charge in [0.1, 0.15) is 11.6 Å². The van der Waals surface area contributed by atoms with Crippen LogP contribution in [0.5, 0.6) is 0 Å². The molecule has 0 atom stereocenters. The Labute approximate surface area is 308 Å². The fraction of sp³-hybridized carbons (Fsp3) is 0.222. The maximum atomic E-state index is 14.2. The van der Waals surface area contributed by atoms with Crippen LogP contribution in [-0.4, -0.2) is 14.1 Å². The summed E-state index contributed by atoms with van der Waals surface area (Å²) < 4.78 is 89.1. The molecule has 54 heavy (non-hydrogen) atoms. The molecule has 0 radical (unpaired) electrons. The van der Waals surface area contributed by atoms with Crippen molar-refractivity contribution in [3.63, 3.8) is 0 Å². The third kappa shape index (κ3) is 5.99. The molecule has 0 bridgehead atoms. The van der Waals surface area contributed by atoms with Crippen LogP contribution in [0.15, 0.2) is 115 Å². The van der Waals surface area contributed by atoms with E-state index in [1.807, 2.05) is 81.9 Å². The van der Waals surface area contributed by atoms with E-state index in [9.17, 15) is 26.3 Å². The van der Waals surface area contributed by atoms with E-state index in [0.29, 0.717) is 11.6 Å². The van der Waals surface area contributed by atoms with Gasteiger partial charge in [-0.3, -0.25) is 9.13 Å². The molecule has 8 rings (SSSR count). The van der Waals surface area contributed by atoms with Crippen molar-refractivity contribution in [1.82, 2.24) is 14.1 Å². The molecule has 274 valence electrons. The van der Waals surface area contributed by atoms with Gasteiger partial charge in [0, 0.05) is 21.5 Å². The van der Waals surface area contributed by atoms with Crippen LogP contribution in [0.2, 0.25) is 0 Å². The van der Waals surface area contributed by atoms with Gasteiger partial charge in [-0.2, -0.15) is 26.3 Å². The van der Waals surface area contributed by atoms with Crippen molar-refractivity contribution in [3.05, 3.63) is 138 Å². The van der Waals surface area contributed by atoms with E-state index in [-0.39, 0.29) is 28.0 Å². The molecule has 0 saturated carbocycles. The maximum Gasteiger partial charge on any atom is 0.416 e. The third-order valence-electron chi connectivity index (χ3n) is 10.3. The van der Waals surface area contributed by atoms with Crippen molar-refractivity contribution in [3.8, 4) is 22.8 Å². The summed E-state index contributed by atoms with van der Waals surface area (Å²) in [4.78, 5) is 5.21. The lowest BCUT2D eigenvalue weighted by molar-refractivity contribution is -0.143. The second-order valence-electron chi connectivity index (χ2n) is 16.0. The second kappa shape index (κ2) is 12.0. The van der Waals surface area contributed by atoms with Gasteiger partial charge in [-0.15, -0.1) is 0 Å². The number of para-hydroxylation sites is 2. The molecule has 5 aromatic carbocycles. The minimum atomic E-state index is -5.01. The fourth-order valence-electron chi connectivity index (χ4n) is 7.39. The van der Waals surface area contributed by atoms with Crippen LogP contribution in [0.4, 0.5) is 26.3 Å². The Morgan fingerprint density at radius 1 is 0.389 bits per heavy atom. The molecule has 3 heterocycles. The van der Waals surface area contributed by atoms with Crippen LogP contribution < -0.4 is 0 Å². The van der Waals surface area contributed by atoms with Crippen LogP contribution in [0.25, 0.3) is 66.4 Å². The first-order valence-electron chi connectivity index (χ1n) is 17.7. The molecular formula is C45H37F6N3. The summed E-state index contributed by atoms with van der Waals surface area (Å²) >= 11 is 0. The minimum Gasteiger partial charge on any atom is -0.294 e. The predicted molar refractivity (Wildman–Crippen MR) is 206 cm³/mol. The Kier molecular flexibility index (Phi) is 7.86. The Balaban J connectivity index is 1.50. The van der Waals surface area contributed by atoms with Gasteiger partial charge in [0.2, 0.25) is 0 Å². The van der Waals surface area contributed by atoms with E-state index in [4.69, 9.17) is 4.98 Å². The van der Waals surface area contributed by atoms with Crippen LogP contribution in [0.1, 0.15) is 63.8 Å². The topological polar surface area (TPSA) is 22.8 Å². The van der Waals surface area contributed by atoms with Gasteiger partial charge in [0.05, 0.1) is 33.2 Å². The molecule has 0 saturated heterocycles. The smallest absolute Gasteiger partial charge is 0.294 e. The average Bonchev–Trinajstić information content (AvgIpc) is 3.62. The minimum absolute atomic E-state index is 0.147. The number of alkyl halides is 6. The first-order valence-corrected chi connectivity index (χ1v) is 17.7. The zero-order valence-corrected chi connectivity index (χ0v) is 30.6. The molecule has 0 fully saturated rings. The highest BCUT2D eigenvalue weighted by atomic mass is 19.4. The lowest BCUT2D eigenvalue weighted by Crippen LogP contribution is -2.11. The van der Waals surface area contributed by atoms with E-state index in [1.54, 1.807) is 12.1 Å². The molecule has 0 unspecified atom stereocenters. The molecule has 0 spiro atoms. The van der Waals surface area contributed by atoms with E-state index >= 15 is 0 Å². The summed E-state index contributed by atoms with van der Waals surface area (Å²) in [6.45, 7) is 12.8. The normalized spacial score (nSPS) is 13.2. The van der Waals surface area contributed by atoms with E-state index in [1.165, 1.54) is 0 Å². The number of fused-ring (bicyclic) bond motifs is 6. The first kappa shape index (κ1) is 35.5. The highest BCUT2D eigenvalue weighted by molar-refractivity contribution is 6.10. The summed E-state index contributed by atoms with van der Waals surface area (Å²) in [7, 11) is 0. The fourth-order valence-corrected chi connectivity index (χ4v) is 7.39. The predicted octanol–water partition coefficient (Wildman–Crippen LogP) is 13.6. The van der Waals surface area contributed by atoms with Gasteiger partial charge in [-0.25, -0.2) is 4.98 Å². The standard InChI is InChI=1S/C45H37F6N3/c1-42(2,3)28-15-17-38-34(24-28)32-11-7-9-13-36(32)53(38)40-21-27(26-19-30(44(46,47)48)23-31(20-26)45(49,50)51)22-41(52-40)54-37-14-10-8-12-33(37)35-25-29(43(4,5)6)16-18-39(35)54/h7-25H,1-6H3. The quantitative estimate of drug-likeness (QED) is 0.166. The Bertz CT molecular complexity index is 2580. The van der Waals surface area contributed by atoms with E-state index < -0.39 is 23.5 Å². The number of aromatic nitrogens is 3. The van der Waals surface area contributed by atoms with Gasteiger partial charge in [-0.1, -0.05) is 90.1 Å². The number of halogens is 6. The molecule has 3 nitrogen and oxygen atoms in total. The first-order chi connectivity index (χ1) is 25.3.